The number of halogens is 2. The van der Waals surface area contributed by atoms with Gasteiger partial charge in [-0.1, -0.05) is 23.2 Å². The zero-order valence-corrected chi connectivity index (χ0v) is 10.4. The average molecular weight is 264 g/mol. The van der Waals surface area contributed by atoms with Crippen LogP contribution in [0.1, 0.15) is 5.56 Å². The lowest BCUT2D eigenvalue weighted by Gasteiger charge is -2.13. The number of nitrogens with two attached hydrogens (primary N) is 1. The third-order valence-corrected chi connectivity index (χ3v) is 2.84. The van der Waals surface area contributed by atoms with E-state index in [9.17, 15) is 4.79 Å². The Balaban J connectivity index is 3.36. The molecule has 0 unspecified atom stereocenters. The summed E-state index contributed by atoms with van der Waals surface area (Å²) in [6.07, 6.45) is -0.0643. The van der Waals surface area contributed by atoms with Crippen LogP contribution in [0.25, 0.3) is 0 Å². The summed E-state index contributed by atoms with van der Waals surface area (Å²) in [5.41, 5.74) is 5.52. The number of hydrogen-bond donors (Lipinski definition) is 1. The first-order chi connectivity index (χ1) is 7.51. The molecule has 1 aromatic rings. The largest absolute Gasteiger partial charge is 0.495 e. The van der Waals surface area contributed by atoms with E-state index in [0.29, 0.717) is 17.1 Å². The fourth-order valence-corrected chi connectivity index (χ4v) is 1.90. The highest BCUT2D eigenvalue weighted by Gasteiger charge is 2.18. The molecule has 0 bridgehead atoms. The van der Waals surface area contributed by atoms with Gasteiger partial charge in [0.2, 0.25) is 5.91 Å². The SMILES string of the molecule is COc1cc(OC)c(Cl)c(CC(N)=O)c1Cl. The highest BCUT2D eigenvalue weighted by Crippen LogP contribution is 2.40. The third-order valence-electron chi connectivity index (χ3n) is 2.02. The van der Waals surface area contributed by atoms with Crippen LogP contribution >= 0.6 is 23.2 Å². The second kappa shape index (κ2) is 5.27. The normalized spacial score (nSPS) is 10.0. The summed E-state index contributed by atoms with van der Waals surface area (Å²) in [6.45, 7) is 0. The molecule has 0 saturated carbocycles. The Morgan fingerprint density at radius 3 is 2.00 bits per heavy atom. The number of rotatable bonds is 4. The number of methoxy groups -OCH3 is 2. The summed E-state index contributed by atoms with van der Waals surface area (Å²) < 4.78 is 10.1. The molecule has 1 rings (SSSR count). The molecular weight excluding hydrogens is 253 g/mol. The number of carbonyl (C=O) groups excluding carboxylic acids is 1. The Bertz CT molecular complexity index is 393. The molecule has 0 saturated heterocycles. The molecule has 0 atom stereocenters. The maximum absolute atomic E-state index is 10.9. The second-order valence-electron chi connectivity index (χ2n) is 3.03. The standard InChI is InChI=1S/C10H11Cl2NO3/c1-15-6-4-7(16-2)10(12)5(9(6)11)3-8(13)14/h4H,3H2,1-2H3,(H2,13,14). The van der Waals surface area contributed by atoms with E-state index < -0.39 is 5.91 Å². The molecule has 4 nitrogen and oxygen atoms in total. The van der Waals surface area contributed by atoms with Gasteiger partial charge in [0.05, 0.1) is 30.7 Å². The van der Waals surface area contributed by atoms with Crippen LogP contribution in [0.3, 0.4) is 0 Å². The van der Waals surface area contributed by atoms with Crippen molar-refractivity contribution in [3.05, 3.63) is 21.7 Å². The molecular formula is C10H11Cl2NO3. The van der Waals surface area contributed by atoms with Crippen LogP contribution in [0.15, 0.2) is 6.07 Å². The van der Waals surface area contributed by atoms with Crippen molar-refractivity contribution in [3.8, 4) is 11.5 Å². The van der Waals surface area contributed by atoms with Gasteiger partial charge in [-0.3, -0.25) is 4.79 Å². The molecule has 6 heteroatoms. The fourth-order valence-electron chi connectivity index (χ4n) is 1.27. The van der Waals surface area contributed by atoms with E-state index in [4.69, 9.17) is 38.4 Å². The van der Waals surface area contributed by atoms with E-state index >= 15 is 0 Å². The quantitative estimate of drug-likeness (QED) is 0.905. The number of primary amides is 1. The first kappa shape index (κ1) is 12.9. The molecule has 0 radical (unpaired) electrons. The molecule has 16 heavy (non-hydrogen) atoms. The Labute approximate surface area is 103 Å². The fraction of sp³-hybridized carbons (Fsp3) is 0.300. The van der Waals surface area contributed by atoms with Crippen molar-refractivity contribution in [1.29, 1.82) is 0 Å². The summed E-state index contributed by atoms with van der Waals surface area (Å²) in [5, 5.41) is 0.541. The summed E-state index contributed by atoms with van der Waals surface area (Å²) >= 11 is 12.0. The third kappa shape index (κ3) is 2.51. The molecule has 2 N–H and O–H groups in total. The number of carbonyl (C=O) groups is 1. The highest BCUT2D eigenvalue weighted by molar-refractivity contribution is 6.38. The average Bonchev–Trinajstić information content (AvgIpc) is 2.24. The monoisotopic (exact) mass is 263 g/mol. The van der Waals surface area contributed by atoms with E-state index in [1.807, 2.05) is 0 Å². The molecule has 1 amide bonds. The molecule has 1 aromatic carbocycles. The zero-order valence-electron chi connectivity index (χ0n) is 8.84. The van der Waals surface area contributed by atoms with Crippen molar-refractivity contribution in [1.82, 2.24) is 0 Å². The lowest BCUT2D eigenvalue weighted by molar-refractivity contribution is -0.117. The summed E-state index contributed by atoms with van der Waals surface area (Å²) in [6, 6.07) is 1.55. The molecule has 0 aliphatic carbocycles. The molecule has 0 aliphatic rings. The van der Waals surface area contributed by atoms with E-state index in [1.54, 1.807) is 6.07 Å². The minimum atomic E-state index is -0.529. The Hall–Kier alpha value is -1.13. The molecule has 0 aliphatic heterocycles. The number of hydrogen-bond acceptors (Lipinski definition) is 3. The van der Waals surface area contributed by atoms with Gasteiger partial charge in [0.25, 0.3) is 0 Å². The van der Waals surface area contributed by atoms with E-state index in [-0.39, 0.29) is 16.5 Å². The Morgan fingerprint density at radius 1 is 1.25 bits per heavy atom. The molecule has 0 aromatic heterocycles. The van der Waals surface area contributed by atoms with Gasteiger partial charge in [-0.15, -0.1) is 0 Å². The minimum absolute atomic E-state index is 0.0643. The highest BCUT2D eigenvalue weighted by atomic mass is 35.5. The number of amides is 1. The van der Waals surface area contributed by atoms with Crippen LogP contribution in [0.4, 0.5) is 0 Å². The minimum Gasteiger partial charge on any atom is -0.495 e. The predicted molar refractivity (Wildman–Crippen MR) is 62.5 cm³/mol. The zero-order chi connectivity index (χ0) is 12.3. The molecule has 0 fully saturated rings. The smallest absolute Gasteiger partial charge is 0.221 e. The van der Waals surface area contributed by atoms with Crippen molar-refractivity contribution in [2.75, 3.05) is 14.2 Å². The van der Waals surface area contributed by atoms with Gasteiger partial charge in [-0.2, -0.15) is 0 Å². The van der Waals surface area contributed by atoms with E-state index in [0.717, 1.165) is 0 Å². The number of ether oxygens (including phenoxy) is 2. The molecule has 0 spiro atoms. The van der Waals surface area contributed by atoms with Gasteiger partial charge in [0, 0.05) is 11.6 Å². The van der Waals surface area contributed by atoms with Crippen LogP contribution < -0.4 is 15.2 Å². The lowest BCUT2D eigenvalue weighted by Crippen LogP contribution is -2.14. The number of benzene rings is 1. The lowest BCUT2D eigenvalue weighted by atomic mass is 10.1. The summed E-state index contributed by atoms with van der Waals surface area (Å²) in [7, 11) is 2.92. The van der Waals surface area contributed by atoms with E-state index in [2.05, 4.69) is 0 Å². The Morgan fingerprint density at radius 2 is 1.69 bits per heavy atom. The van der Waals surface area contributed by atoms with Crippen molar-refractivity contribution in [2.24, 2.45) is 5.73 Å². The van der Waals surface area contributed by atoms with Gasteiger partial charge < -0.3 is 15.2 Å². The maximum atomic E-state index is 10.9. The van der Waals surface area contributed by atoms with Gasteiger partial charge in [0.1, 0.15) is 11.5 Å². The first-order valence-electron chi connectivity index (χ1n) is 4.38. The summed E-state index contributed by atoms with van der Waals surface area (Å²) in [4.78, 5) is 10.9. The van der Waals surface area contributed by atoms with Gasteiger partial charge in [-0.05, 0) is 0 Å². The topological polar surface area (TPSA) is 61.6 Å². The van der Waals surface area contributed by atoms with Crippen LogP contribution in [0.5, 0.6) is 11.5 Å². The van der Waals surface area contributed by atoms with Crippen LogP contribution in [0.2, 0.25) is 10.0 Å². The second-order valence-corrected chi connectivity index (χ2v) is 3.79. The molecule has 88 valence electrons. The maximum Gasteiger partial charge on any atom is 0.221 e. The van der Waals surface area contributed by atoms with Crippen LogP contribution in [0, 0.1) is 0 Å². The van der Waals surface area contributed by atoms with Crippen molar-refractivity contribution in [3.63, 3.8) is 0 Å². The van der Waals surface area contributed by atoms with Gasteiger partial charge in [-0.25, -0.2) is 0 Å². The van der Waals surface area contributed by atoms with Crippen molar-refractivity contribution < 1.29 is 14.3 Å². The predicted octanol–water partition coefficient (Wildman–Crippen LogP) is 2.04. The first-order valence-corrected chi connectivity index (χ1v) is 5.14. The van der Waals surface area contributed by atoms with E-state index in [1.165, 1.54) is 14.2 Å². The summed E-state index contributed by atoms with van der Waals surface area (Å²) in [5.74, 6) is 0.248. The molecule has 0 heterocycles. The van der Waals surface area contributed by atoms with Crippen LogP contribution in [-0.4, -0.2) is 20.1 Å². The van der Waals surface area contributed by atoms with Crippen molar-refractivity contribution >= 4 is 29.1 Å². The van der Waals surface area contributed by atoms with Gasteiger partial charge in [0.15, 0.2) is 0 Å². The van der Waals surface area contributed by atoms with Crippen molar-refractivity contribution in [2.45, 2.75) is 6.42 Å². The Kier molecular flexibility index (Phi) is 4.26. The van der Waals surface area contributed by atoms with Gasteiger partial charge >= 0.3 is 0 Å². The van der Waals surface area contributed by atoms with Crippen LogP contribution in [-0.2, 0) is 11.2 Å².